The van der Waals surface area contributed by atoms with Gasteiger partial charge >= 0.3 is 5.69 Å². The van der Waals surface area contributed by atoms with E-state index >= 15 is 0 Å². The van der Waals surface area contributed by atoms with Gasteiger partial charge in [0.1, 0.15) is 0 Å². The van der Waals surface area contributed by atoms with Crippen molar-refractivity contribution in [2.24, 2.45) is 5.73 Å². The predicted molar refractivity (Wildman–Crippen MR) is 74.4 cm³/mol. The zero-order valence-corrected chi connectivity index (χ0v) is 11.2. The highest BCUT2D eigenvalue weighted by Crippen LogP contribution is 2.15. The molecule has 0 aliphatic rings. The molecule has 5 heteroatoms. The van der Waals surface area contributed by atoms with Crippen molar-refractivity contribution in [2.45, 2.75) is 26.0 Å². The summed E-state index contributed by atoms with van der Waals surface area (Å²) in [6.07, 6.45) is 2.79. The Morgan fingerprint density at radius 1 is 1.32 bits per heavy atom. The molecule has 2 rings (SSSR count). The van der Waals surface area contributed by atoms with Crippen molar-refractivity contribution >= 4 is 0 Å². The highest BCUT2D eigenvalue weighted by molar-refractivity contribution is 5.36. The van der Waals surface area contributed by atoms with Gasteiger partial charge in [0.2, 0.25) is 0 Å². The topological polar surface area (TPSA) is 73.2 Å². The summed E-state index contributed by atoms with van der Waals surface area (Å²) in [6.45, 7) is 4.08. The van der Waals surface area contributed by atoms with Gasteiger partial charge in [0.25, 0.3) is 0 Å². The monoisotopic (exact) mass is 261 g/mol. The molecule has 1 heterocycles. The van der Waals surface area contributed by atoms with Gasteiger partial charge in [0, 0.05) is 25.0 Å². The summed E-state index contributed by atoms with van der Waals surface area (Å²) in [4.78, 5) is 12.2. The van der Waals surface area contributed by atoms with Crippen molar-refractivity contribution in [3.63, 3.8) is 0 Å². The molecule has 0 saturated heterocycles. The highest BCUT2D eigenvalue weighted by Gasteiger charge is 2.10. The van der Waals surface area contributed by atoms with Crippen LogP contribution in [0.5, 0.6) is 0 Å². The molecule has 0 saturated carbocycles. The molecule has 0 spiro atoms. The fourth-order valence-corrected chi connectivity index (χ4v) is 2.00. The average molecular weight is 261 g/mol. The zero-order valence-electron chi connectivity index (χ0n) is 11.2. The maximum atomic E-state index is 12.2. The van der Waals surface area contributed by atoms with E-state index in [-0.39, 0.29) is 18.3 Å². The number of nitrogens with zero attached hydrogens (tertiary/aromatic N) is 2. The van der Waals surface area contributed by atoms with Crippen LogP contribution in [0.3, 0.4) is 0 Å². The molecular formula is C14H19N3O2. The van der Waals surface area contributed by atoms with Crippen LogP contribution < -0.4 is 11.4 Å². The van der Waals surface area contributed by atoms with Crippen molar-refractivity contribution in [1.82, 2.24) is 9.13 Å². The summed E-state index contributed by atoms with van der Waals surface area (Å²) in [7, 11) is 0. The summed E-state index contributed by atoms with van der Waals surface area (Å²) in [6, 6.07) is 7.34. The lowest BCUT2D eigenvalue weighted by atomic mass is 10.1. The van der Waals surface area contributed by atoms with Gasteiger partial charge in [-0.15, -0.1) is 0 Å². The van der Waals surface area contributed by atoms with E-state index in [1.165, 1.54) is 0 Å². The number of hydrogen-bond acceptors (Lipinski definition) is 3. The number of rotatable bonds is 4. The van der Waals surface area contributed by atoms with E-state index in [1.54, 1.807) is 33.7 Å². The maximum absolute atomic E-state index is 12.2. The average Bonchev–Trinajstić information content (AvgIpc) is 2.80. The normalized spacial score (nSPS) is 12.9. The quantitative estimate of drug-likeness (QED) is 0.869. The fourth-order valence-electron chi connectivity index (χ4n) is 2.00. The second-order valence-electron chi connectivity index (χ2n) is 4.80. The van der Waals surface area contributed by atoms with Crippen LogP contribution in [0.2, 0.25) is 0 Å². The van der Waals surface area contributed by atoms with Crippen molar-refractivity contribution in [3.05, 3.63) is 52.7 Å². The Balaban J connectivity index is 2.45. The van der Waals surface area contributed by atoms with Crippen LogP contribution in [-0.4, -0.2) is 20.8 Å². The standard InChI is InChI=1S/C14H19N3O2/c1-10(2)16-6-7-17(14(16)19)12-5-3-4-11(8-12)13(18)9-15/h3-8,10,13,18H,9,15H2,1-2H3. The van der Waals surface area contributed by atoms with Crippen LogP contribution in [0.25, 0.3) is 5.69 Å². The fraction of sp³-hybridized carbons (Fsp3) is 0.357. The first kappa shape index (κ1) is 13.6. The molecule has 0 aliphatic heterocycles. The summed E-state index contributed by atoms with van der Waals surface area (Å²) in [5.74, 6) is 0. The predicted octanol–water partition coefficient (Wildman–Crippen LogP) is 1.21. The van der Waals surface area contributed by atoms with Crippen molar-refractivity contribution < 1.29 is 5.11 Å². The Kier molecular flexibility index (Phi) is 3.87. The van der Waals surface area contributed by atoms with Crippen LogP contribution in [-0.2, 0) is 0 Å². The molecule has 0 bridgehead atoms. The molecule has 1 aromatic heterocycles. The van der Waals surface area contributed by atoms with Gasteiger partial charge in [-0.25, -0.2) is 4.79 Å². The van der Waals surface area contributed by atoms with Gasteiger partial charge in [-0.1, -0.05) is 12.1 Å². The first-order valence-corrected chi connectivity index (χ1v) is 6.32. The Labute approximate surface area is 111 Å². The van der Waals surface area contributed by atoms with Gasteiger partial charge in [-0.2, -0.15) is 0 Å². The smallest absolute Gasteiger partial charge is 0.332 e. The molecule has 1 aromatic carbocycles. The van der Waals surface area contributed by atoms with E-state index in [0.29, 0.717) is 5.56 Å². The van der Waals surface area contributed by atoms with E-state index in [2.05, 4.69) is 0 Å². The van der Waals surface area contributed by atoms with Crippen LogP contribution in [0.15, 0.2) is 41.5 Å². The summed E-state index contributed by atoms with van der Waals surface area (Å²) in [5.41, 5.74) is 6.80. The van der Waals surface area contributed by atoms with E-state index < -0.39 is 6.10 Å². The Morgan fingerprint density at radius 2 is 2.05 bits per heavy atom. The lowest BCUT2D eigenvalue weighted by Gasteiger charge is -2.10. The first-order valence-electron chi connectivity index (χ1n) is 6.32. The van der Waals surface area contributed by atoms with Crippen LogP contribution in [0.4, 0.5) is 0 Å². The molecule has 0 aliphatic carbocycles. The summed E-state index contributed by atoms with van der Waals surface area (Å²) in [5, 5.41) is 9.75. The second kappa shape index (κ2) is 5.42. The lowest BCUT2D eigenvalue weighted by molar-refractivity contribution is 0.186. The Bertz CT molecular complexity index is 613. The molecule has 0 fully saturated rings. The lowest BCUT2D eigenvalue weighted by Crippen LogP contribution is -2.24. The number of nitrogens with two attached hydrogens (primary N) is 1. The van der Waals surface area contributed by atoms with Gasteiger partial charge in [0.05, 0.1) is 11.8 Å². The molecule has 0 radical (unpaired) electrons. The molecule has 19 heavy (non-hydrogen) atoms. The Morgan fingerprint density at radius 3 is 2.63 bits per heavy atom. The number of hydrogen-bond donors (Lipinski definition) is 2. The van der Waals surface area contributed by atoms with Crippen LogP contribution in [0.1, 0.15) is 31.6 Å². The third kappa shape index (κ3) is 2.62. The zero-order chi connectivity index (χ0) is 14.0. The number of imidazole rings is 1. The number of aromatic nitrogens is 2. The molecule has 2 aromatic rings. The largest absolute Gasteiger partial charge is 0.387 e. The van der Waals surface area contributed by atoms with E-state index in [9.17, 15) is 9.90 Å². The molecule has 5 nitrogen and oxygen atoms in total. The van der Waals surface area contributed by atoms with Crippen molar-refractivity contribution in [3.8, 4) is 5.69 Å². The van der Waals surface area contributed by atoms with Crippen molar-refractivity contribution in [1.29, 1.82) is 0 Å². The summed E-state index contributed by atoms with van der Waals surface area (Å²) >= 11 is 0. The van der Waals surface area contributed by atoms with Crippen molar-refractivity contribution in [2.75, 3.05) is 6.54 Å². The molecule has 0 amide bonds. The minimum Gasteiger partial charge on any atom is -0.387 e. The number of aliphatic hydroxyl groups is 1. The highest BCUT2D eigenvalue weighted by atomic mass is 16.3. The molecule has 1 atom stereocenters. The third-order valence-electron chi connectivity index (χ3n) is 3.12. The molecule has 102 valence electrons. The van der Waals surface area contributed by atoms with E-state index in [4.69, 9.17) is 5.73 Å². The number of benzene rings is 1. The second-order valence-corrected chi connectivity index (χ2v) is 4.80. The first-order chi connectivity index (χ1) is 9.04. The number of aliphatic hydroxyl groups excluding tert-OH is 1. The van der Waals surface area contributed by atoms with Crippen LogP contribution in [0, 0.1) is 0 Å². The van der Waals surface area contributed by atoms with Gasteiger partial charge in [-0.05, 0) is 31.5 Å². The summed E-state index contributed by atoms with van der Waals surface area (Å²) < 4.78 is 3.22. The SMILES string of the molecule is CC(C)n1ccn(-c2cccc(C(O)CN)c2)c1=O. The maximum Gasteiger partial charge on any atom is 0.332 e. The third-order valence-corrected chi connectivity index (χ3v) is 3.12. The molecule has 3 N–H and O–H groups in total. The van der Waals surface area contributed by atoms with Gasteiger partial charge in [-0.3, -0.25) is 9.13 Å². The minimum atomic E-state index is -0.706. The van der Waals surface area contributed by atoms with E-state index in [0.717, 1.165) is 5.69 Å². The molecular weight excluding hydrogens is 242 g/mol. The van der Waals surface area contributed by atoms with Crippen LogP contribution >= 0.6 is 0 Å². The minimum absolute atomic E-state index is 0.0885. The van der Waals surface area contributed by atoms with E-state index in [1.807, 2.05) is 26.0 Å². The van der Waals surface area contributed by atoms with Gasteiger partial charge in [0.15, 0.2) is 0 Å². The Hall–Kier alpha value is -1.85. The molecule has 1 unspecified atom stereocenters. The van der Waals surface area contributed by atoms with Gasteiger partial charge < -0.3 is 10.8 Å².